The van der Waals surface area contributed by atoms with Crippen LogP contribution >= 0.6 is 0 Å². The molecule has 3 rings (SSSR count). The Morgan fingerprint density at radius 1 is 1.31 bits per heavy atom. The fourth-order valence-electron chi connectivity index (χ4n) is 3.40. The maximum absolute atomic E-state index is 13.1. The molecule has 0 radical (unpaired) electrons. The Hall–Kier alpha value is -2.10. The zero-order chi connectivity index (χ0) is 18.9. The largest absolute Gasteiger partial charge is 0.356 e. The average molecular weight is 354 g/mol. The Balaban J connectivity index is 1.99. The quantitative estimate of drug-likeness (QED) is 0.874. The van der Waals surface area contributed by atoms with E-state index in [-0.39, 0.29) is 17.4 Å². The smallest absolute Gasteiger partial charge is 0.252 e. The number of rotatable bonds is 3. The van der Waals surface area contributed by atoms with E-state index >= 15 is 0 Å². The number of hydrogen-bond donors (Lipinski definition) is 1. The first kappa shape index (κ1) is 18.7. The monoisotopic (exact) mass is 353 g/mol. The molecule has 1 N–H and O–H groups in total. The predicted molar refractivity (Wildman–Crippen MR) is 109 cm³/mol. The maximum atomic E-state index is 13.1. The highest BCUT2D eigenvalue weighted by Gasteiger charge is 2.24. The highest BCUT2D eigenvalue weighted by Crippen LogP contribution is 2.27. The van der Waals surface area contributed by atoms with Gasteiger partial charge in [-0.05, 0) is 43.2 Å². The number of para-hydroxylation sites is 1. The molecule has 1 fully saturated rings. The lowest BCUT2D eigenvalue weighted by atomic mass is 9.88. The molecule has 1 aromatic carbocycles. The lowest BCUT2D eigenvalue weighted by Crippen LogP contribution is -2.41. The highest BCUT2D eigenvalue weighted by atomic mass is 16.1. The third-order valence-corrected chi connectivity index (χ3v) is 5.57. The van der Waals surface area contributed by atoms with Gasteiger partial charge >= 0.3 is 0 Å². The molecule has 0 spiro atoms. The number of aromatic nitrogens is 1. The fraction of sp³-hybridized carbons (Fsp3) is 0.545. The SMILES string of the molecule is CC1CCCN(c2cc(C(=O)NC(C)C(C)(C)C)c3ccccc3n2)C1. The first-order valence-electron chi connectivity index (χ1n) is 9.71. The molecule has 2 unspecified atom stereocenters. The number of pyridine rings is 1. The van der Waals surface area contributed by atoms with Crippen molar-refractivity contribution in [3.8, 4) is 0 Å². The van der Waals surface area contributed by atoms with Crippen molar-refractivity contribution < 1.29 is 4.79 Å². The van der Waals surface area contributed by atoms with Gasteiger partial charge in [-0.25, -0.2) is 4.98 Å². The molecular formula is C22H31N3O. The van der Waals surface area contributed by atoms with Crippen LogP contribution < -0.4 is 10.2 Å². The van der Waals surface area contributed by atoms with Crippen LogP contribution in [0.5, 0.6) is 0 Å². The lowest BCUT2D eigenvalue weighted by Gasteiger charge is -2.32. The summed E-state index contributed by atoms with van der Waals surface area (Å²) in [7, 11) is 0. The fourth-order valence-corrected chi connectivity index (χ4v) is 3.40. The van der Waals surface area contributed by atoms with Crippen molar-refractivity contribution in [2.75, 3.05) is 18.0 Å². The van der Waals surface area contributed by atoms with Crippen LogP contribution in [0, 0.1) is 11.3 Å². The zero-order valence-electron chi connectivity index (χ0n) is 16.7. The van der Waals surface area contributed by atoms with Crippen molar-refractivity contribution in [3.63, 3.8) is 0 Å². The Morgan fingerprint density at radius 3 is 2.73 bits per heavy atom. The number of benzene rings is 1. The van der Waals surface area contributed by atoms with Gasteiger partial charge < -0.3 is 10.2 Å². The van der Waals surface area contributed by atoms with Gasteiger partial charge in [-0.1, -0.05) is 45.9 Å². The van der Waals surface area contributed by atoms with E-state index in [0.29, 0.717) is 5.92 Å². The first-order chi connectivity index (χ1) is 12.3. The third kappa shape index (κ3) is 4.00. The van der Waals surface area contributed by atoms with Gasteiger partial charge in [-0.15, -0.1) is 0 Å². The molecule has 0 aliphatic carbocycles. The summed E-state index contributed by atoms with van der Waals surface area (Å²) in [6, 6.07) is 10.00. The van der Waals surface area contributed by atoms with Crippen molar-refractivity contribution >= 4 is 22.6 Å². The van der Waals surface area contributed by atoms with Crippen molar-refractivity contribution in [3.05, 3.63) is 35.9 Å². The van der Waals surface area contributed by atoms with Crippen LogP contribution in [0.3, 0.4) is 0 Å². The summed E-state index contributed by atoms with van der Waals surface area (Å²) in [5, 5.41) is 4.10. The minimum atomic E-state index is -0.0164. The van der Waals surface area contributed by atoms with Crippen LogP contribution in [0.1, 0.15) is 57.8 Å². The van der Waals surface area contributed by atoms with Gasteiger partial charge in [-0.2, -0.15) is 0 Å². The van der Waals surface area contributed by atoms with E-state index in [1.54, 1.807) is 0 Å². The number of carbonyl (C=O) groups is 1. The Labute approximate surface area is 157 Å². The van der Waals surface area contributed by atoms with Crippen LogP contribution in [0.4, 0.5) is 5.82 Å². The Morgan fingerprint density at radius 2 is 2.04 bits per heavy atom. The van der Waals surface area contributed by atoms with Crippen LogP contribution in [-0.4, -0.2) is 30.0 Å². The number of carbonyl (C=O) groups excluding carboxylic acids is 1. The first-order valence-corrected chi connectivity index (χ1v) is 9.71. The molecule has 1 amide bonds. The summed E-state index contributed by atoms with van der Waals surface area (Å²) in [5.41, 5.74) is 1.63. The molecule has 0 saturated carbocycles. The standard InChI is InChI=1S/C22H31N3O/c1-15-9-8-12-25(14-15)20-13-18(17-10-6-7-11-19(17)24-20)21(26)23-16(2)22(3,4)5/h6-7,10-11,13,15-16H,8-9,12,14H2,1-5H3,(H,23,26). The van der Waals surface area contributed by atoms with Crippen molar-refractivity contribution in [1.82, 2.24) is 10.3 Å². The topological polar surface area (TPSA) is 45.2 Å². The number of hydrogen-bond acceptors (Lipinski definition) is 3. The van der Waals surface area contributed by atoms with E-state index in [4.69, 9.17) is 4.98 Å². The Kier molecular flexibility index (Phi) is 5.22. The second kappa shape index (κ2) is 7.26. The molecule has 4 heteroatoms. The number of amides is 1. The van der Waals surface area contributed by atoms with Crippen molar-refractivity contribution in [2.45, 2.75) is 53.5 Å². The molecule has 1 aromatic heterocycles. The molecular weight excluding hydrogens is 322 g/mol. The van der Waals surface area contributed by atoms with Crippen LogP contribution in [0.2, 0.25) is 0 Å². The van der Waals surface area contributed by atoms with E-state index in [9.17, 15) is 4.79 Å². The van der Waals surface area contributed by atoms with Crippen LogP contribution in [0.25, 0.3) is 10.9 Å². The van der Waals surface area contributed by atoms with Crippen molar-refractivity contribution in [1.29, 1.82) is 0 Å². The van der Waals surface area contributed by atoms with Gasteiger partial charge in [0, 0.05) is 24.5 Å². The number of nitrogens with one attached hydrogen (secondary N) is 1. The van der Waals surface area contributed by atoms with Gasteiger partial charge in [0.2, 0.25) is 0 Å². The predicted octanol–water partition coefficient (Wildman–Crippen LogP) is 4.64. The van der Waals surface area contributed by atoms with E-state index in [1.165, 1.54) is 12.8 Å². The van der Waals surface area contributed by atoms with Gasteiger partial charge in [0.1, 0.15) is 5.82 Å². The number of anilines is 1. The third-order valence-electron chi connectivity index (χ3n) is 5.57. The maximum Gasteiger partial charge on any atom is 0.252 e. The zero-order valence-corrected chi connectivity index (χ0v) is 16.7. The van der Waals surface area contributed by atoms with Crippen LogP contribution in [0.15, 0.2) is 30.3 Å². The van der Waals surface area contributed by atoms with Crippen LogP contribution in [-0.2, 0) is 0 Å². The van der Waals surface area contributed by atoms with E-state index < -0.39 is 0 Å². The lowest BCUT2D eigenvalue weighted by molar-refractivity contribution is 0.0912. The number of piperidine rings is 1. The second-order valence-electron chi connectivity index (χ2n) is 8.80. The molecule has 2 atom stereocenters. The highest BCUT2D eigenvalue weighted by molar-refractivity contribution is 6.07. The van der Waals surface area contributed by atoms with Gasteiger partial charge in [-0.3, -0.25) is 4.79 Å². The summed E-state index contributed by atoms with van der Waals surface area (Å²) in [6.07, 6.45) is 2.44. The second-order valence-corrected chi connectivity index (χ2v) is 8.80. The van der Waals surface area contributed by atoms with Gasteiger partial charge in [0.15, 0.2) is 0 Å². The molecule has 0 bridgehead atoms. The summed E-state index contributed by atoms with van der Waals surface area (Å²) >= 11 is 0. The molecule has 1 aliphatic rings. The molecule has 1 aliphatic heterocycles. The average Bonchev–Trinajstić information content (AvgIpc) is 2.59. The van der Waals surface area contributed by atoms with Gasteiger partial charge in [0.05, 0.1) is 11.1 Å². The number of nitrogens with zero attached hydrogens (tertiary/aromatic N) is 2. The van der Waals surface area contributed by atoms with E-state index in [1.807, 2.05) is 30.3 Å². The summed E-state index contributed by atoms with van der Waals surface area (Å²) in [4.78, 5) is 20.2. The summed E-state index contributed by atoms with van der Waals surface area (Å²) in [5.74, 6) is 1.57. The molecule has 26 heavy (non-hydrogen) atoms. The molecule has 2 heterocycles. The Bertz CT molecular complexity index is 794. The normalized spacial score (nSPS) is 19.4. The molecule has 140 valence electrons. The minimum absolute atomic E-state index is 0.0164. The molecule has 1 saturated heterocycles. The number of fused-ring (bicyclic) bond motifs is 1. The minimum Gasteiger partial charge on any atom is -0.356 e. The summed E-state index contributed by atoms with van der Waals surface area (Å²) in [6.45, 7) is 12.8. The molecule has 2 aromatic rings. The van der Waals surface area contributed by atoms with E-state index in [2.05, 4.69) is 44.8 Å². The molecule has 4 nitrogen and oxygen atoms in total. The van der Waals surface area contributed by atoms with Gasteiger partial charge in [0.25, 0.3) is 5.91 Å². The van der Waals surface area contributed by atoms with Crippen molar-refractivity contribution in [2.24, 2.45) is 11.3 Å². The van der Waals surface area contributed by atoms with E-state index in [0.717, 1.165) is 35.4 Å². The summed E-state index contributed by atoms with van der Waals surface area (Å²) < 4.78 is 0.